The van der Waals surface area contributed by atoms with E-state index >= 15 is 0 Å². The fourth-order valence-corrected chi connectivity index (χ4v) is 5.68. The Morgan fingerprint density at radius 3 is 1.71 bits per heavy atom. The molecule has 4 aromatic rings. The number of alkyl halides is 6. The van der Waals surface area contributed by atoms with Crippen molar-refractivity contribution in [2.75, 3.05) is 0 Å². The fraction of sp³-hybridized carbons (Fsp3) is 0.0769. The van der Waals surface area contributed by atoms with Gasteiger partial charge in [0, 0.05) is 5.56 Å². The third kappa shape index (κ3) is 5.56. The summed E-state index contributed by atoms with van der Waals surface area (Å²) in [6, 6.07) is 27.3. The first kappa shape index (κ1) is 23.8. The molecule has 0 aromatic heterocycles. The molecule has 0 N–H and O–H groups in total. The van der Waals surface area contributed by atoms with Crippen molar-refractivity contribution in [3.8, 4) is 16.9 Å². The summed E-state index contributed by atoms with van der Waals surface area (Å²) in [7, 11) is -0.740. The Labute approximate surface area is 195 Å². The Morgan fingerprint density at radius 2 is 1.12 bits per heavy atom. The summed E-state index contributed by atoms with van der Waals surface area (Å²) in [4.78, 5) is 2.48. The molecular weight excluding hydrogens is 474 g/mol. The maximum absolute atomic E-state index is 13.0. The van der Waals surface area contributed by atoms with Crippen LogP contribution in [0.1, 0.15) is 5.56 Å². The highest BCUT2D eigenvalue weighted by atomic mass is 32.2. The van der Waals surface area contributed by atoms with Crippen LogP contribution in [0.25, 0.3) is 11.1 Å². The van der Waals surface area contributed by atoms with E-state index in [2.05, 4.69) is 4.74 Å². The van der Waals surface area contributed by atoms with E-state index in [1.165, 1.54) is 24.3 Å². The first-order valence-corrected chi connectivity index (χ1v) is 11.3. The van der Waals surface area contributed by atoms with Crippen molar-refractivity contribution in [3.63, 3.8) is 0 Å². The standard InChI is InChI=1S/C26H17F6OS/c27-25(28,29)19-12-10-18(11-13-19)23-8-4-5-9-24(23)34(21-6-2-1-3-7-21)22-16-14-20(15-17-22)33-26(30,31)32/h1-17H/q+1. The average Bonchev–Trinajstić information content (AvgIpc) is 2.80. The Hall–Kier alpha value is -3.39. The highest BCUT2D eigenvalue weighted by Gasteiger charge is 2.34. The van der Waals surface area contributed by atoms with E-state index in [-0.39, 0.29) is 5.75 Å². The van der Waals surface area contributed by atoms with E-state index in [0.717, 1.165) is 32.4 Å². The summed E-state index contributed by atoms with van der Waals surface area (Å²) < 4.78 is 80.8. The third-order valence-corrected chi connectivity index (χ3v) is 7.19. The lowest BCUT2D eigenvalue weighted by molar-refractivity contribution is -0.274. The number of ether oxygens (including phenoxy) is 1. The highest BCUT2D eigenvalue weighted by molar-refractivity contribution is 7.97. The molecule has 1 nitrogen and oxygen atoms in total. The van der Waals surface area contributed by atoms with Gasteiger partial charge in [0.25, 0.3) is 0 Å². The van der Waals surface area contributed by atoms with Crippen LogP contribution in [0.2, 0.25) is 0 Å². The lowest BCUT2D eigenvalue weighted by Crippen LogP contribution is -2.17. The predicted octanol–water partition coefficient (Wildman–Crippen LogP) is 8.37. The van der Waals surface area contributed by atoms with Gasteiger partial charge < -0.3 is 4.74 Å². The van der Waals surface area contributed by atoms with Gasteiger partial charge in [-0.1, -0.05) is 42.5 Å². The molecule has 1 unspecified atom stereocenters. The number of halogens is 6. The van der Waals surface area contributed by atoms with E-state index in [0.29, 0.717) is 5.56 Å². The summed E-state index contributed by atoms with van der Waals surface area (Å²) in [6.45, 7) is 0. The van der Waals surface area contributed by atoms with Crippen molar-refractivity contribution in [2.24, 2.45) is 0 Å². The van der Waals surface area contributed by atoms with E-state index in [1.807, 2.05) is 48.5 Å². The maximum Gasteiger partial charge on any atom is 0.573 e. The average molecular weight is 491 g/mol. The van der Waals surface area contributed by atoms with Crippen LogP contribution >= 0.6 is 0 Å². The molecule has 0 amide bonds. The van der Waals surface area contributed by atoms with Crippen LogP contribution in [0.15, 0.2) is 118 Å². The fourth-order valence-electron chi connectivity index (χ4n) is 3.45. The quantitative estimate of drug-likeness (QED) is 0.201. The molecule has 0 heterocycles. The van der Waals surface area contributed by atoms with Crippen LogP contribution in [0.4, 0.5) is 26.3 Å². The van der Waals surface area contributed by atoms with E-state index in [1.54, 1.807) is 18.2 Å². The van der Waals surface area contributed by atoms with Gasteiger partial charge in [0.15, 0.2) is 14.7 Å². The topological polar surface area (TPSA) is 9.23 Å². The van der Waals surface area contributed by atoms with Crippen molar-refractivity contribution in [2.45, 2.75) is 27.2 Å². The first-order valence-electron chi connectivity index (χ1n) is 10.0. The summed E-state index contributed by atoms with van der Waals surface area (Å²) in [5, 5.41) is 0. The molecule has 0 fully saturated rings. The maximum atomic E-state index is 13.0. The number of hydrogen-bond acceptors (Lipinski definition) is 1. The second kappa shape index (κ2) is 9.46. The lowest BCUT2D eigenvalue weighted by Gasteiger charge is -2.14. The largest absolute Gasteiger partial charge is 0.573 e. The SMILES string of the molecule is FC(F)(F)Oc1ccc([S+](c2ccccc2)c2ccccc2-c2ccc(C(F)(F)F)cc2)cc1. The van der Waals surface area contributed by atoms with Crippen LogP contribution in [-0.4, -0.2) is 6.36 Å². The molecule has 8 heteroatoms. The molecule has 0 saturated heterocycles. The molecule has 0 saturated carbocycles. The molecule has 0 aliphatic carbocycles. The van der Waals surface area contributed by atoms with Crippen molar-refractivity contribution < 1.29 is 31.1 Å². The molecule has 34 heavy (non-hydrogen) atoms. The van der Waals surface area contributed by atoms with Gasteiger partial charge in [-0.05, 0) is 66.2 Å². The van der Waals surface area contributed by atoms with Crippen LogP contribution in [0.3, 0.4) is 0 Å². The van der Waals surface area contributed by atoms with Gasteiger partial charge in [0.1, 0.15) is 5.75 Å². The van der Waals surface area contributed by atoms with E-state index in [4.69, 9.17) is 0 Å². The number of benzene rings is 4. The summed E-state index contributed by atoms with van der Waals surface area (Å²) in [5.74, 6) is -0.330. The molecule has 4 rings (SSSR count). The Bertz CT molecular complexity index is 1230. The number of rotatable bonds is 5. The molecule has 0 radical (unpaired) electrons. The van der Waals surface area contributed by atoms with Crippen LogP contribution in [0, 0.1) is 0 Å². The van der Waals surface area contributed by atoms with Crippen molar-refractivity contribution in [1.82, 2.24) is 0 Å². The van der Waals surface area contributed by atoms with Gasteiger partial charge in [-0.15, -0.1) is 13.2 Å². The normalized spacial score (nSPS) is 12.9. The monoisotopic (exact) mass is 491 g/mol. The Balaban J connectivity index is 1.80. The first-order chi connectivity index (χ1) is 16.1. The second-order valence-electron chi connectivity index (χ2n) is 7.21. The van der Waals surface area contributed by atoms with Crippen molar-refractivity contribution in [3.05, 3.63) is 109 Å². The minimum absolute atomic E-state index is 0.330. The van der Waals surface area contributed by atoms with Crippen molar-refractivity contribution in [1.29, 1.82) is 0 Å². The summed E-state index contributed by atoms with van der Waals surface area (Å²) in [6.07, 6.45) is -9.23. The van der Waals surface area contributed by atoms with Gasteiger partial charge in [-0.2, -0.15) is 13.2 Å². The zero-order valence-electron chi connectivity index (χ0n) is 17.4. The predicted molar refractivity (Wildman–Crippen MR) is 119 cm³/mol. The van der Waals surface area contributed by atoms with E-state index < -0.39 is 29.0 Å². The molecule has 0 aliphatic heterocycles. The van der Waals surface area contributed by atoms with Gasteiger partial charge in [0.2, 0.25) is 0 Å². The molecule has 4 aromatic carbocycles. The van der Waals surface area contributed by atoms with Crippen LogP contribution < -0.4 is 4.74 Å². The lowest BCUT2D eigenvalue weighted by atomic mass is 10.0. The summed E-state index contributed by atoms with van der Waals surface area (Å²) in [5.41, 5.74) is 0.601. The van der Waals surface area contributed by atoms with Crippen LogP contribution in [0.5, 0.6) is 5.75 Å². The van der Waals surface area contributed by atoms with Gasteiger partial charge in [-0.25, -0.2) is 0 Å². The number of hydrogen-bond donors (Lipinski definition) is 0. The van der Waals surface area contributed by atoms with Gasteiger partial charge in [-0.3, -0.25) is 0 Å². The molecule has 0 aliphatic rings. The minimum atomic E-state index is -4.79. The third-order valence-electron chi connectivity index (χ3n) is 4.90. The smallest absolute Gasteiger partial charge is 0.406 e. The van der Waals surface area contributed by atoms with Crippen molar-refractivity contribution >= 4 is 10.9 Å². The zero-order chi connectivity index (χ0) is 24.3. The molecule has 0 spiro atoms. The van der Waals surface area contributed by atoms with Gasteiger partial charge in [0.05, 0.1) is 16.5 Å². The highest BCUT2D eigenvalue weighted by Crippen LogP contribution is 2.39. The van der Waals surface area contributed by atoms with Gasteiger partial charge >= 0.3 is 12.5 Å². The Morgan fingerprint density at radius 1 is 0.559 bits per heavy atom. The molecule has 0 bridgehead atoms. The molecule has 1 atom stereocenters. The Kier molecular flexibility index (Phi) is 6.61. The molecular formula is C26H17F6OS+. The minimum Gasteiger partial charge on any atom is -0.406 e. The second-order valence-corrected chi connectivity index (χ2v) is 9.20. The zero-order valence-corrected chi connectivity index (χ0v) is 18.2. The van der Waals surface area contributed by atoms with Crippen LogP contribution in [-0.2, 0) is 17.1 Å². The van der Waals surface area contributed by atoms with E-state index in [9.17, 15) is 26.3 Å². The molecule has 174 valence electrons. The summed E-state index contributed by atoms with van der Waals surface area (Å²) >= 11 is 0.